The van der Waals surface area contributed by atoms with Crippen LogP contribution in [0, 0.1) is 12.3 Å². The standard InChI is InChI=1S/C7HF11O/c1-2-3(8,5(11,12)13)19-7(17,18)4(9,10)6(14,15)16/h1H/t3-/m1/s1. The van der Waals surface area contributed by atoms with Crippen molar-refractivity contribution in [3.05, 3.63) is 0 Å². The Bertz CT molecular complexity index is 372. The molecule has 0 fully saturated rings. The van der Waals surface area contributed by atoms with E-state index in [9.17, 15) is 48.3 Å². The van der Waals surface area contributed by atoms with E-state index in [1.54, 1.807) is 0 Å². The zero-order valence-electron chi connectivity index (χ0n) is 8.14. The fraction of sp³-hybridized carbons (Fsp3) is 0.714. The summed E-state index contributed by atoms with van der Waals surface area (Å²) in [5, 5.41) is 0. The lowest BCUT2D eigenvalue weighted by Crippen LogP contribution is -2.58. The van der Waals surface area contributed by atoms with Gasteiger partial charge in [-0.25, -0.2) is 0 Å². The third-order valence-electron chi connectivity index (χ3n) is 1.54. The average Bonchev–Trinajstić information content (AvgIpc) is 2.12. The van der Waals surface area contributed by atoms with Gasteiger partial charge in [0, 0.05) is 0 Å². The molecule has 0 aromatic heterocycles. The molecule has 0 spiro atoms. The molecule has 0 saturated carbocycles. The van der Waals surface area contributed by atoms with Gasteiger partial charge in [-0.15, -0.1) is 6.42 Å². The minimum absolute atomic E-state index is 0.0965. The SMILES string of the molecule is C#C[C@@](F)(OC(F)(F)C(F)(F)C(F)(F)F)C(F)(F)F. The summed E-state index contributed by atoms with van der Waals surface area (Å²) in [6.07, 6.45) is -16.5. The van der Waals surface area contributed by atoms with Crippen LogP contribution in [0.3, 0.4) is 0 Å². The summed E-state index contributed by atoms with van der Waals surface area (Å²) in [7, 11) is 0. The van der Waals surface area contributed by atoms with E-state index < -0.39 is 30.2 Å². The number of rotatable bonds is 3. The third kappa shape index (κ3) is 3.02. The van der Waals surface area contributed by atoms with Crippen LogP contribution in [0.2, 0.25) is 0 Å². The second kappa shape index (κ2) is 4.39. The molecule has 1 nitrogen and oxygen atoms in total. The molecule has 0 amide bonds. The summed E-state index contributed by atoms with van der Waals surface area (Å²) < 4.78 is 134. The predicted molar refractivity (Wildman–Crippen MR) is 35.8 cm³/mol. The van der Waals surface area contributed by atoms with Crippen LogP contribution >= 0.6 is 0 Å². The van der Waals surface area contributed by atoms with Gasteiger partial charge >= 0.3 is 30.2 Å². The summed E-state index contributed by atoms with van der Waals surface area (Å²) >= 11 is 0. The maximum Gasteiger partial charge on any atom is 0.462 e. The second-order valence-corrected chi connectivity index (χ2v) is 2.93. The Morgan fingerprint density at radius 1 is 0.684 bits per heavy atom. The quantitative estimate of drug-likeness (QED) is 0.571. The Hall–Kier alpha value is -1.25. The van der Waals surface area contributed by atoms with E-state index in [1.807, 2.05) is 4.74 Å². The van der Waals surface area contributed by atoms with E-state index in [-0.39, 0.29) is 5.92 Å². The summed E-state index contributed by atoms with van der Waals surface area (Å²) in [5.74, 6) is -13.0. The molecular weight excluding hydrogens is 309 g/mol. The maximum absolute atomic E-state index is 12.7. The minimum Gasteiger partial charge on any atom is -0.259 e. The van der Waals surface area contributed by atoms with Gasteiger partial charge in [-0.2, -0.15) is 48.3 Å². The van der Waals surface area contributed by atoms with Crippen molar-refractivity contribution in [1.82, 2.24) is 0 Å². The van der Waals surface area contributed by atoms with Crippen molar-refractivity contribution in [2.45, 2.75) is 30.2 Å². The Kier molecular flexibility index (Phi) is 4.11. The molecule has 1 atom stereocenters. The monoisotopic (exact) mass is 310 g/mol. The largest absolute Gasteiger partial charge is 0.462 e. The molecule has 0 bridgehead atoms. The lowest BCUT2D eigenvalue weighted by Gasteiger charge is -2.32. The van der Waals surface area contributed by atoms with E-state index in [4.69, 9.17) is 0 Å². The summed E-state index contributed by atoms with van der Waals surface area (Å²) in [6, 6.07) is 0. The van der Waals surface area contributed by atoms with Crippen molar-refractivity contribution < 1.29 is 53.0 Å². The van der Waals surface area contributed by atoms with Gasteiger partial charge in [-0.05, 0) is 5.92 Å². The fourth-order valence-electron chi connectivity index (χ4n) is 0.575. The first kappa shape index (κ1) is 17.8. The van der Waals surface area contributed by atoms with E-state index >= 15 is 0 Å². The molecule has 0 rings (SSSR count). The van der Waals surface area contributed by atoms with Crippen molar-refractivity contribution >= 4 is 0 Å². The van der Waals surface area contributed by atoms with Gasteiger partial charge in [0.05, 0.1) is 0 Å². The van der Waals surface area contributed by atoms with Crippen molar-refractivity contribution in [1.29, 1.82) is 0 Å². The Balaban J connectivity index is 5.57. The van der Waals surface area contributed by atoms with Crippen LogP contribution in [-0.4, -0.2) is 30.2 Å². The first-order valence-corrected chi connectivity index (χ1v) is 3.78. The molecule has 0 aliphatic heterocycles. The normalized spacial score (nSPS) is 17.8. The molecule has 0 unspecified atom stereocenters. The Labute approximate surface area is 96.9 Å². The second-order valence-electron chi connectivity index (χ2n) is 2.93. The fourth-order valence-corrected chi connectivity index (χ4v) is 0.575. The van der Waals surface area contributed by atoms with Crippen molar-refractivity contribution in [3.63, 3.8) is 0 Å². The van der Waals surface area contributed by atoms with Crippen molar-refractivity contribution in [2.24, 2.45) is 0 Å². The molecular formula is C7HF11O. The molecule has 0 aliphatic carbocycles. The zero-order valence-corrected chi connectivity index (χ0v) is 8.14. The molecule has 0 aromatic carbocycles. The summed E-state index contributed by atoms with van der Waals surface area (Å²) in [5.41, 5.74) is 0. The molecule has 12 heteroatoms. The highest BCUT2D eigenvalue weighted by Crippen LogP contribution is 2.50. The van der Waals surface area contributed by atoms with Crippen LogP contribution in [0.1, 0.15) is 0 Å². The first-order valence-electron chi connectivity index (χ1n) is 3.78. The van der Waals surface area contributed by atoms with Gasteiger partial charge in [-0.3, -0.25) is 4.74 Å². The van der Waals surface area contributed by atoms with Gasteiger partial charge in [0.15, 0.2) is 0 Å². The van der Waals surface area contributed by atoms with E-state index in [2.05, 4.69) is 6.42 Å². The molecule has 112 valence electrons. The number of hydrogen-bond donors (Lipinski definition) is 0. The first-order chi connectivity index (χ1) is 8.02. The van der Waals surface area contributed by atoms with Gasteiger partial charge in [0.1, 0.15) is 0 Å². The van der Waals surface area contributed by atoms with Crippen LogP contribution < -0.4 is 0 Å². The molecule has 0 aliphatic rings. The highest BCUT2D eigenvalue weighted by molar-refractivity contribution is 5.07. The molecule has 0 radical (unpaired) electrons. The molecule has 0 N–H and O–H groups in total. The van der Waals surface area contributed by atoms with Crippen LogP contribution in [0.15, 0.2) is 0 Å². The smallest absolute Gasteiger partial charge is 0.259 e. The topological polar surface area (TPSA) is 9.23 Å². The average molecular weight is 310 g/mol. The van der Waals surface area contributed by atoms with Crippen molar-refractivity contribution in [3.8, 4) is 12.3 Å². The summed E-state index contributed by atoms with van der Waals surface area (Å²) in [6.45, 7) is 0. The zero-order chi connectivity index (χ0) is 15.9. The van der Waals surface area contributed by atoms with Crippen LogP contribution in [0.25, 0.3) is 0 Å². The number of terminal acetylenes is 1. The molecule has 0 heterocycles. The number of halogens is 11. The number of alkyl halides is 11. The lowest BCUT2D eigenvalue weighted by molar-refractivity contribution is -0.471. The van der Waals surface area contributed by atoms with E-state index in [1.165, 1.54) is 0 Å². The van der Waals surface area contributed by atoms with Gasteiger partial charge in [0.2, 0.25) is 0 Å². The lowest BCUT2D eigenvalue weighted by atomic mass is 10.2. The number of ether oxygens (including phenoxy) is 1. The van der Waals surface area contributed by atoms with Crippen molar-refractivity contribution in [2.75, 3.05) is 0 Å². The Morgan fingerprint density at radius 3 is 1.26 bits per heavy atom. The summed E-state index contributed by atoms with van der Waals surface area (Å²) in [4.78, 5) is 0. The van der Waals surface area contributed by atoms with Crippen LogP contribution in [0.4, 0.5) is 48.3 Å². The van der Waals surface area contributed by atoms with Crippen LogP contribution in [-0.2, 0) is 4.74 Å². The molecule has 19 heavy (non-hydrogen) atoms. The highest BCUT2D eigenvalue weighted by Gasteiger charge is 2.78. The van der Waals surface area contributed by atoms with E-state index in [0.29, 0.717) is 0 Å². The van der Waals surface area contributed by atoms with Gasteiger partial charge in [-0.1, -0.05) is 0 Å². The van der Waals surface area contributed by atoms with Crippen LogP contribution in [0.5, 0.6) is 0 Å². The Morgan fingerprint density at radius 2 is 1.05 bits per heavy atom. The molecule has 0 aromatic rings. The highest BCUT2D eigenvalue weighted by atomic mass is 19.4. The van der Waals surface area contributed by atoms with Gasteiger partial charge in [0.25, 0.3) is 0 Å². The number of hydrogen-bond acceptors (Lipinski definition) is 1. The van der Waals surface area contributed by atoms with Gasteiger partial charge < -0.3 is 0 Å². The van der Waals surface area contributed by atoms with E-state index in [0.717, 1.165) is 0 Å². The minimum atomic E-state index is -7.08. The third-order valence-corrected chi connectivity index (χ3v) is 1.54. The predicted octanol–water partition coefficient (Wildman–Crippen LogP) is 3.65. The molecule has 0 saturated heterocycles. The maximum atomic E-state index is 12.7.